The Morgan fingerprint density at radius 1 is 0.368 bits per heavy atom. The molecular formula is C70H131NO5. The molecule has 0 aliphatic heterocycles. The van der Waals surface area contributed by atoms with Gasteiger partial charge >= 0.3 is 5.97 Å². The number of aliphatic hydroxyl groups is 2. The third-order valence-electron chi connectivity index (χ3n) is 15.6. The van der Waals surface area contributed by atoms with Gasteiger partial charge in [0.05, 0.1) is 25.4 Å². The molecule has 0 radical (unpaired) electrons. The highest BCUT2D eigenvalue weighted by atomic mass is 16.5. The Balaban J connectivity index is 3.52. The van der Waals surface area contributed by atoms with Gasteiger partial charge in [0.25, 0.3) is 0 Å². The Morgan fingerprint density at radius 2 is 0.658 bits per heavy atom. The van der Waals surface area contributed by atoms with Crippen molar-refractivity contribution in [3.05, 3.63) is 48.6 Å². The molecule has 0 fully saturated rings. The fourth-order valence-electron chi connectivity index (χ4n) is 10.4. The minimum absolute atomic E-state index is 0.0228. The highest BCUT2D eigenvalue weighted by molar-refractivity contribution is 5.76. The molecule has 2 unspecified atom stereocenters. The molecule has 0 saturated carbocycles. The van der Waals surface area contributed by atoms with Crippen molar-refractivity contribution < 1.29 is 24.5 Å². The van der Waals surface area contributed by atoms with Crippen LogP contribution in [0.15, 0.2) is 48.6 Å². The van der Waals surface area contributed by atoms with Crippen LogP contribution in [0.2, 0.25) is 0 Å². The van der Waals surface area contributed by atoms with Crippen LogP contribution in [-0.4, -0.2) is 47.4 Å². The summed E-state index contributed by atoms with van der Waals surface area (Å²) < 4.78 is 5.47. The van der Waals surface area contributed by atoms with Crippen molar-refractivity contribution in [3.63, 3.8) is 0 Å². The molecule has 0 rings (SSSR count). The molecule has 6 heteroatoms. The van der Waals surface area contributed by atoms with Gasteiger partial charge in [0.2, 0.25) is 5.91 Å². The molecule has 0 heterocycles. The zero-order chi connectivity index (χ0) is 55.0. The molecule has 3 N–H and O–H groups in total. The van der Waals surface area contributed by atoms with E-state index < -0.39 is 12.1 Å². The maximum Gasteiger partial charge on any atom is 0.305 e. The second kappa shape index (κ2) is 65.3. The second-order valence-corrected chi connectivity index (χ2v) is 23.2. The van der Waals surface area contributed by atoms with Gasteiger partial charge < -0.3 is 20.3 Å². The Morgan fingerprint density at radius 3 is 1.01 bits per heavy atom. The van der Waals surface area contributed by atoms with Crippen LogP contribution in [0.3, 0.4) is 0 Å². The Kier molecular flexibility index (Phi) is 63.5. The van der Waals surface area contributed by atoms with Crippen LogP contribution in [0, 0.1) is 0 Å². The predicted octanol–water partition coefficient (Wildman–Crippen LogP) is 21.7. The van der Waals surface area contributed by atoms with Gasteiger partial charge in [-0.05, 0) is 89.9 Å². The third kappa shape index (κ3) is 61.0. The summed E-state index contributed by atoms with van der Waals surface area (Å²) in [6.45, 7) is 4.87. The van der Waals surface area contributed by atoms with E-state index in [1.165, 1.54) is 257 Å². The summed E-state index contributed by atoms with van der Waals surface area (Å²) in [6.07, 6.45) is 84.6. The number of rotatable bonds is 63. The largest absolute Gasteiger partial charge is 0.466 e. The van der Waals surface area contributed by atoms with Crippen LogP contribution < -0.4 is 5.32 Å². The summed E-state index contributed by atoms with van der Waals surface area (Å²) in [5, 5.41) is 23.2. The lowest BCUT2D eigenvalue weighted by molar-refractivity contribution is -0.143. The van der Waals surface area contributed by atoms with Crippen LogP contribution in [0.25, 0.3) is 0 Å². The van der Waals surface area contributed by atoms with E-state index in [2.05, 4.69) is 55.6 Å². The van der Waals surface area contributed by atoms with Crippen LogP contribution in [-0.2, 0) is 14.3 Å². The summed E-state index contributed by atoms with van der Waals surface area (Å²) in [5.41, 5.74) is 0. The first-order valence-corrected chi connectivity index (χ1v) is 33.9. The zero-order valence-electron chi connectivity index (χ0n) is 51.0. The van der Waals surface area contributed by atoms with Gasteiger partial charge in [0, 0.05) is 12.8 Å². The van der Waals surface area contributed by atoms with Crippen LogP contribution in [0.1, 0.15) is 361 Å². The smallest absolute Gasteiger partial charge is 0.305 e. The van der Waals surface area contributed by atoms with Gasteiger partial charge in [0.1, 0.15) is 0 Å². The van der Waals surface area contributed by atoms with E-state index >= 15 is 0 Å². The summed E-state index contributed by atoms with van der Waals surface area (Å²) in [4.78, 5) is 24.6. The summed E-state index contributed by atoms with van der Waals surface area (Å²) in [7, 11) is 0. The number of hydrogen-bond acceptors (Lipinski definition) is 5. The van der Waals surface area contributed by atoms with E-state index in [0.717, 1.165) is 77.0 Å². The molecular weight excluding hydrogens is 935 g/mol. The van der Waals surface area contributed by atoms with E-state index in [0.29, 0.717) is 19.4 Å². The molecule has 0 aromatic rings. The zero-order valence-corrected chi connectivity index (χ0v) is 51.0. The van der Waals surface area contributed by atoms with E-state index in [4.69, 9.17) is 4.74 Å². The maximum atomic E-state index is 12.5. The minimum Gasteiger partial charge on any atom is -0.466 e. The summed E-state index contributed by atoms with van der Waals surface area (Å²) >= 11 is 0. The SMILES string of the molecule is CCCCCCCC/C=C\CCCCCCCCCCCC(=O)OCCCCC/C=C\C=C/CCCCCCCCC(=O)NC(CO)C(O)/C=C/CCCCCCCCCCCCCCCCCCCCCCCCC. The van der Waals surface area contributed by atoms with Gasteiger partial charge in [0.15, 0.2) is 0 Å². The normalized spacial score (nSPS) is 12.8. The van der Waals surface area contributed by atoms with E-state index in [1.807, 2.05) is 6.08 Å². The van der Waals surface area contributed by atoms with Crippen molar-refractivity contribution in [2.24, 2.45) is 0 Å². The van der Waals surface area contributed by atoms with Crippen molar-refractivity contribution in [2.45, 2.75) is 373 Å². The quantitative estimate of drug-likeness (QED) is 0.0244. The fourth-order valence-corrected chi connectivity index (χ4v) is 10.4. The number of esters is 1. The number of allylic oxidation sites excluding steroid dienone is 7. The topological polar surface area (TPSA) is 95.9 Å². The first-order valence-electron chi connectivity index (χ1n) is 33.9. The molecule has 446 valence electrons. The monoisotopic (exact) mass is 1070 g/mol. The summed E-state index contributed by atoms with van der Waals surface area (Å²) in [5.74, 6) is -0.110. The number of hydrogen-bond donors (Lipinski definition) is 3. The fraction of sp³-hybridized carbons (Fsp3) is 0.857. The molecule has 0 aliphatic carbocycles. The number of carbonyl (C=O) groups excluding carboxylic acids is 2. The van der Waals surface area contributed by atoms with Gasteiger partial charge in [-0.25, -0.2) is 0 Å². The van der Waals surface area contributed by atoms with Crippen LogP contribution >= 0.6 is 0 Å². The Bertz CT molecular complexity index is 1270. The molecule has 0 saturated heterocycles. The van der Waals surface area contributed by atoms with Gasteiger partial charge in [-0.2, -0.15) is 0 Å². The highest BCUT2D eigenvalue weighted by Gasteiger charge is 2.18. The number of amides is 1. The van der Waals surface area contributed by atoms with Gasteiger partial charge in [-0.3, -0.25) is 9.59 Å². The Hall–Kier alpha value is -2.18. The minimum atomic E-state index is -0.862. The lowest BCUT2D eigenvalue weighted by atomic mass is 10.0. The molecule has 76 heavy (non-hydrogen) atoms. The first kappa shape index (κ1) is 73.8. The number of unbranched alkanes of at least 4 members (excludes halogenated alkanes) is 47. The van der Waals surface area contributed by atoms with Gasteiger partial charge in [-0.15, -0.1) is 0 Å². The Labute approximate surface area is 474 Å². The molecule has 1 amide bonds. The summed E-state index contributed by atoms with van der Waals surface area (Å²) in [6, 6.07) is -0.647. The molecule has 0 aromatic heterocycles. The van der Waals surface area contributed by atoms with Crippen molar-refractivity contribution in [3.8, 4) is 0 Å². The standard InChI is InChI=1S/C70H131NO5/c1-3-5-7-9-11-13-15-17-19-21-23-24-25-26-27-28-30-31-34-38-42-46-50-54-58-62-68(73)67(66-72)71-69(74)63-59-55-51-47-43-39-35-33-37-41-45-49-53-57-61-65-76-70(75)64-60-56-52-48-44-40-36-32-29-22-20-18-16-14-12-10-8-6-4-2/h18,20,33,37,41,45,58,62,67-68,72-73H,3-17,19,21-32,34-36,38-40,42-44,46-57,59-61,63-66H2,1-2H3,(H,71,74)/b20-18-,37-33-,45-41-,62-58+. The maximum absolute atomic E-state index is 12.5. The number of nitrogens with one attached hydrogen (secondary N) is 1. The number of ether oxygens (including phenoxy) is 1. The molecule has 0 aliphatic rings. The molecule has 6 nitrogen and oxygen atoms in total. The predicted molar refractivity (Wildman–Crippen MR) is 333 cm³/mol. The van der Waals surface area contributed by atoms with Crippen LogP contribution in [0.5, 0.6) is 0 Å². The molecule has 2 atom stereocenters. The molecule has 0 bridgehead atoms. The van der Waals surface area contributed by atoms with Crippen molar-refractivity contribution in [1.29, 1.82) is 0 Å². The van der Waals surface area contributed by atoms with E-state index in [-0.39, 0.29) is 18.5 Å². The first-order chi connectivity index (χ1) is 37.5. The van der Waals surface area contributed by atoms with Crippen molar-refractivity contribution in [2.75, 3.05) is 13.2 Å². The molecule has 0 spiro atoms. The number of aliphatic hydroxyl groups excluding tert-OH is 2. The van der Waals surface area contributed by atoms with Gasteiger partial charge in [-0.1, -0.05) is 306 Å². The average molecular weight is 1070 g/mol. The van der Waals surface area contributed by atoms with E-state index in [1.54, 1.807) is 6.08 Å². The lowest BCUT2D eigenvalue weighted by Gasteiger charge is -2.20. The molecule has 0 aromatic carbocycles. The van der Waals surface area contributed by atoms with Crippen LogP contribution in [0.4, 0.5) is 0 Å². The van der Waals surface area contributed by atoms with Crippen molar-refractivity contribution >= 4 is 11.9 Å². The second-order valence-electron chi connectivity index (χ2n) is 23.2. The van der Waals surface area contributed by atoms with E-state index in [9.17, 15) is 19.8 Å². The number of carbonyl (C=O) groups is 2. The lowest BCUT2D eigenvalue weighted by Crippen LogP contribution is -2.45. The van der Waals surface area contributed by atoms with Crippen molar-refractivity contribution in [1.82, 2.24) is 5.32 Å². The average Bonchev–Trinajstić information content (AvgIpc) is 3.42. The third-order valence-corrected chi connectivity index (χ3v) is 15.6. The highest BCUT2D eigenvalue weighted by Crippen LogP contribution is 2.18.